The van der Waals surface area contributed by atoms with Gasteiger partial charge in [0.25, 0.3) is 5.91 Å². The maximum Gasteiger partial charge on any atom is 0.251 e. The molecule has 17 heavy (non-hydrogen) atoms. The summed E-state index contributed by atoms with van der Waals surface area (Å²) in [6.07, 6.45) is 2.07. The molecule has 0 aromatic heterocycles. The molecule has 94 valence electrons. The third-order valence-corrected chi connectivity index (χ3v) is 3.51. The normalized spacial score (nSPS) is 12.5. The minimum atomic E-state index is 0.0156. The van der Waals surface area contributed by atoms with Crippen LogP contribution in [0.5, 0.6) is 0 Å². The highest BCUT2D eigenvalue weighted by molar-refractivity contribution is 7.97. The molecule has 0 saturated carbocycles. The third-order valence-electron chi connectivity index (χ3n) is 2.89. The molecular weight excluding hydrogens is 230 g/mol. The van der Waals surface area contributed by atoms with Crippen LogP contribution in [0, 0.1) is 5.92 Å². The zero-order chi connectivity index (χ0) is 12.8. The Morgan fingerprint density at radius 3 is 2.29 bits per heavy atom. The van der Waals surface area contributed by atoms with Gasteiger partial charge in [-0.15, -0.1) is 0 Å². The second-order valence-electron chi connectivity index (χ2n) is 4.64. The molecule has 0 bridgehead atoms. The first-order valence-electron chi connectivity index (χ1n) is 5.93. The van der Waals surface area contributed by atoms with Crippen molar-refractivity contribution < 1.29 is 4.79 Å². The zero-order valence-corrected chi connectivity index (χ0v) is 11.8. The first kappa shape index (κ1) is 14.1. The molecular formula is C14H21NOS. The summed E-state index contributed by atoms with van der Waals surface area (Å²) in [4.78, 5) is 11.9. The lowest BCUT2D eigenvalue weighted by molar-refractivity contribution is 0.0930. The molecule has 1 atom stereocenters. The molecule has 2 nitrogen and oxygen atoms in total. The highest BCUT2D eigenvalue weighted by Gasteiger charge is 2.12. The minimum absolute atomic E-state index is 0.0156. The van der Waals surface area contributed by atoms with Gasteiger partial charge >= 0.3 is 0 Å². The van der Waals surface area contributed by atoms with E-state index in [1.165, 1.54) is 5.56 Å². The Labute approximate surface area is 108 Å². The topological polar surface area (TPSA) is 29.1 Å². The van der Waals surface area contributed by atoms with Crippen molar-refractivity contribution in [3.63, 3.8) is 0 Å². The van der Waals surface area contributed by atoms with Gasteiger partial charge in [-0.3, -0.25) is 4.79 Å². The molecule has 0 aliphatic heterocycles. The molecule has 1 rings (SSSR count). The van der Waals surface area contributed by atoms with Gasteiger partial charge in [-0.2, -0.15) is 11.8 Å². The van der Waals surface area contributed by atoms with Crippen LogP contribution in [-0.4, -0.2) is 18.2 Å². The van der Waals surface area contributed by atoms with Crippen LogP contribution in [0.15, 0.2) is 24.3 Å². The lowest BCUT2D eigenvalue weighted by Gasteiger charge is -2.17. The molecule has 3 heteroatoms. The fourth-order valence-corrected chi connectivity index (χ4v) is 1.90. The lowest BCUT2D eigenvalue weighted by Crippen LogP contribution is -2.36. The first-order chi connectivity index (χ1) is 8.04. The second-order valence-corrected chi connectivity index (χ2v) is 5.50. The standard InChI is InChI=1S/C14H21NOS/c1-10(2)11(3)15-14(16)13-7-5-12(6-8-13)9-17-4/h5-8,10-11H,9H2,1-4H3,(H,15,16). The van der Waals surface area contributed by atoms with Crippen LogP contribution < -0.4 is 5.32 Å². The number of carbonyl (C=O) groups is 1. The Hall–Kier alpha value is -0.960. The predicted octanol–water partition coefficient (Wildman–Crippen LogP) is 3.32. The number of benzene rings is 1. The zero-order valence-electron chi connectivity index (χ0n) is 11.0. The first-order valence-corrected chi connectivity index (χ1v) is 7.32. The molecule has 1 N–H and O–H groups in total. The van der Waals surface area contributed by atoms with Crippen LogP contribution >= 0.6 is 11.8 Å². The van der Waals surface area contributed by atoms with E-state index in [1.807, 2.05) is 31.2 Å². The van der Waals surface area contributed by atoms with Crippen molar-refractivity contribution in [2.75, 3.05) is 6.26 Å². The number of thioether (sulfide) groups is 1. The molecule has 0 aliphatic rings. The van der Waals surface area contributed by atoms with Gasteiger partial charge in [0.15, 0.2) is 0 Å². The monoisotopic (exact) mass is 251 g/mol. The smallest absolute Gasteiger partial charge is 0.251 e. The highest BCUT2D eigenvalue weighted by Crippen LogP contribution is 2.11. The van der Waals surface area contributed by atoms with Crippen LogP contribution in [0.1, 0.15) is 36.7 Å². The van der Waals surface area contributed by atoms with E-state index in [4.69, 9.17) is 0 Å². The van der Waals surface area contributed by atoms with Gasteiger partial charge in [-0.1, -0.05) is 26.0 Å². The van der Waals surface area contributed by atoms with Crippen molar-refractivity contribution in [1.82, 2.24) is 5.32 Å². The fourth-order valence-electron chi connectivity index (χ4n) is 1.38. The molecule has 0 saturated heterocycles. The minimum Gasteiger partial charge on any atom is -0.349 e. The summed E-state index contributed by atoms with van der Waals surface area (Å²) in [6.45, 7) is 6.24. The van der Waals surface area contributed by atoms with E-state index in [9.17, 15) is 4.79 Å². The average molecular weight is 251 g/mol. The van der Waals surface area contributed by atoms with Crippen molar-refractivity contribution in [1.29, 1.82) is 0 Å². The van der Waals surface area contributed by atoms with Gasteiger partial charge in [0.1, 0.15) is 0 Å². The molecule has 1 unspecified atom stereocenters. The largest absolute Gasteiger partial charge is 0.349 e. The maximum atomic E-state index is 11.9. The molecule has 0 heterocycles. The van der Waals surface area contributed by atoms with Crippen LogP contribution in [0.2, 0.25) is 0 Å². The van der Waals surface area contributed by atoms with E-state index in [-0.39, 0.29) is 11.9 Å². The van der Waals surface area contributed by atoms with Crippen molar-refractivity contribution >= 4 is 17.7 Å². The van der Waals surface area contributed by atoms with Gasteiger partial charge in [0.05, 0.1) is 0 Å². The number of nitrogens with one attached hydrogen (secondary N) is 1. The van der Waals surface area contributed by atoms with Crippen LogP contribution in [0.3, 0.4) is 0 Å². The summed E-state index contributed by atoms with van der Waals surface area (Å²) in [7, 11) is 0. The summed E-state index contributed by atoms with van der Waals surface area (Å²) in [6, 6.07) is 8.03. The lowest BCUT2D eigenvalue weighted by atomic mass is 10.1. The van der Waals surface area contributed by atoms with Crippen molar-refractivity contribution in [2.24, 2.45) is 5.92 Å². The molecule has 1 aromatic rings. The third kappa shape index (κ3) is 4.43. The molecule has 0 spiro atoms. The van der Waals surface area contributed by atoms with E-state index >= 15 is 0 Å². The quantitative estimate of drug-likeness (QED) is 0.869. The van der Waals surface area contributed by atoms with Gasteiger partial charge in [-0.05, 0) is 36.8 Å². The van der Waals surface area contributed by atoms with Crippen molar-refractivity contribution in [3.8, 4) is 0 Å². The fraction of sp³-hybridized carbons (Fsp3) is 0.500. The van der Waals surface area contributed by atoms with Crippen LogP contribution in [0.4, 0.5) is 0 Å². The molecule has 0 fully saturated rings. The Morgan fingerprint density at radius 1 is 1.24 bits per heavy atom. The van der Waals surface area contributed by atoms with E-state index in [2.05, 4.69) is 25.4 Å². The Balaban J connectivity index is 2.63. The van der Waals surface area contributed by atoms with Gasteiger partial charge < -0.3 is 5.32 Å². The number of rotatable bonds is 5. The number of hydrogen-bond donors (Lipinski definition) is 1. The Bertz CT molecular complexity index is 359. The second kappa shape index (κ2) is 6.70. The Morgan fingerprint density at radius 2 is 1.82 bits per heavy atom. The Kier molecular flexibility index (Phi) is 5.56. The van der Waals surface area contributed by atoms with Crippen LogP contribution in [0.25, 0.3) is 0 Å². The summed E-state index contributed by atoms with van der Waals surface area (Å²) in [5.41, 5.74) is 1.99. The molecule has 1 amide bonds. The van der Waals surface area contributed by atoms with E-state index in [0.29, 0.717) is 5.92 Å². The maximum absolute atomic E-state index is 11.9. The number of hydrogen-bond acceptors (Lipinski definition) is 2. The average Bonchev–Trinajstić information content (AvgIpc) is 2.30. The predicted molar refractivity (Wildman–Crippen MR) is 75.4 cm³/mol. The summed E-state index contributed by atoms with van der Waals surface area (Å²) in [5, 5.41) is 3.00. The van der Waals surface area contributed by atoms with E-state index in [1.54, 1.807) is 11.8 Å². The SMILES string of the molecule is CSCc1ccc(C(=O)NC(C)C(C)C)cc1. The summed E-state index contributed by atoms with van der Waals surface area (Å²) >= 11 is 1.78. The molecule has 0 aliphatic carbocycles. The van der Waals surface area contributed by atoms with E-state index < -0.39 is 0 Å². The van der Waals surface area contributed by atoms with Crippen molar-refractivity contribution in [3.05, 3.63) is 35.4 Å². The van der Waals surface area contributed by atoms with Gasteiger partial charge in [-0.25, -0.2) is 0 Å². The summed E-state index contributed by atoms with van der Waals surface area (Å²) in [5.74, 6) is 1.46. The summed E-state index contributed by atoms with van der Waals surface area (Å²) < 4.78 is 0. The molecule has 1 aromatic carbocycles. The van der Waals surface area contributed by atoms with Gasteiger partial charge in [0, 0.05) is 17.4 Å². The number of amides is 1. The van der Waals surface area contributed by atoms with E-state index in [0.717, 1.165) is 11.3 Å². The highest BCUT2D eigenvalue weighted by atomic mass is 32.2. The van der Waals surface area contributed by atoms with Crippen molar-refractivity contribution in [2.45, 2.75) is 32.6 Å². The number of carbonyl (C=O) groups excluding carboxylic acids is 1. The molecule has 0 radical (unpaired) electrons. The van der Waals surface area contributed by atoms with Gasteiger partial charge in [0.2, 0.25) is 0 Å². The van der Waals surface area contributed by atoms with Crippen LogP contribution in [-0.2, 0) is 5.75 Å².